The third-order valence-electron chi connectivity index (χ3n) is 3.79. The van der Waals surface area contributed by atoms with Crippen LogP contribution in [-0.2, 0) is 22.5 Å². The second-order valence-corrected chi connectivity index (χ2v) is 5.55. The van der Waals surface area contributed by atoms with Crippen molar-refractivity contribution in [3.8, 4) is 0 Å². The Morgan fingerprint density at radius 1 is 1.16 bits per heavy atom. The molecule has 1 N–H and O–H groups in total. The van der Waals surface area contributed by atoms with Gasteiger partial charge < -0.3 is 10.1 Å². The number of benzene rings is 1. The number of rotatable bonds is 7. The lowest BCUT2D eigenvalue weighted by atomic mass is 10.1. The first-order valence-corrected chi connectivity index (χ1v) is 8.08. The maximum absolute atomic E-state index is 12.4. The number of hydrogen-bond acceptors (Lipinski definition) is 4. The van der Waals surface area contributed by atoms with Crippen molar-refractivity contribution in [1.29, 1.82) is 0 Å². The number of ether oxygens (including phenoxy) is 1. The predicted molar refractivity (Wildman–Crippen MR) is 95.0 cm³/mol. The molecule has 1 amide bonds. The predicted octanol–water partition coefficient (Wildman–Crippen LogP) is 2.85. The third kappa shape index (κ3) is 4.51. The third-order valence-corrected chi connectivity index (χ3v) is 3.79. The number of hydrogen-bond donors (Lipinski definition) is 1. The fourth-order valence-electron chi connectivity index (χ4n) is 2.54. The van der Waals surface area contributed by atoms with Crippen LogP contribution in [0.2, 0.25) is 0 Å². The largest absolute Gasteiger partial charge is 0.367 e. The lowest BCUT2D eigenvalue weighted by Crippen LogP contribution is -2.23. The molecule has 128 valence electrons. The lowest BCUT2D eigenvalue weighted by Gasteiger charge is -2.14. The zero-order chi connectivity index (χ0) is 17.5. The molecule has 0 unspecified atom stereocenters. The molecule has 6 heteroatoms. The maximum atomic E-state index is 12.4. The second-order valence-electron chi connectivity index (χ2n) is 5.55. The van der Waals surface area contributed by atoms with E-state index in [0.717, 1.165) is 17.7 Å². The molecular formula is C19H20N4O2. The van der Waals surface area contributed by atoms with E-state index in [-0.39, 0.29) is 5.91 Å². The number of amides is 1. The number of aromatic nitrogens is 3. The molecule has 0 aliphatic heterocycles. The average Bonchev–Trinajstić information content (AvgIpc) is 3.10. The molecular weight excluding hydrogens is 316 g/mol. The van der Waals surface area contributed by atoms with Gasteiger partial charge in [0.15, 0.2) is 11.9 Å². The number of carbonyl (C=O) groups excluding carboxylic acids is 1. The van der Waals surface area contributed by atoms with Crippen LogP contribution in [-0.4, -0.2) is 27.8 Å². The highest BCUT2D eigenvalue weighted by Gasteiger charge is 2.20. The zero-order valence-corrected chi connectivity index (χ0v) is 14.0. The molecule has 0 fully saturated rings. The summed E-state index contributed by atoms with van der Waals surface area (Å²) in [6, 6.07) is 17.0. The van der Waals surface area contributed by atoms with Crippen LogP contribution in [0.1, 0.15) is 17.4 Å². The van der Waals surface area contributed by atoms with Gasteiger partial charge in [-0.3, -0.25) is 14.5 Å². The van der Waals surface area contributed by atoms with Crippen molar-refractivity contribution in [2.75, 3.05) is 12.4 Å². The molecule has 0 saturated heterocycles. The number of anilines is 1. The maximum Gasteiger partial charge on any atom is 0.259 e. The first-order chi connectivity index (χ1) is 12.3. The minimum Gasteiger partial charge on any atom is -0.367 e. The Hall–Kier alpha value is -2.99. The first-order valence-electron chi connectivity index (χ1n) is 8.08. The van der Waals surface area contributed by atoms with Crippen LogP contribution in [0.4, 0.5) is 5.82 Å². The van der Waals surface area contributed by atoms with Crippen molar-refractivity contribution < 1.29 is 9.53 Å². The van der Waals surface area contributed by atoms with E-state index >= 15 is 0 Å². The minimum atomic E-state index is -0.667. The van der Waals surface area contributed by atoms with Crippen LogP contribution in [0.3, 0.4) is 0 Å². The van der Waals surface area contributed by atoms with E-state index in [0.29, 0.717) is 12.4 Å². The van der Waals surface area contributed by atoms with Crippen LogP contribution in [0.15, 0.2) is 67.0 Å². The molecule has 0 aliphatic rings. The number of methoxy groups -OCH3 is 1. The smallest absolute Gasteiger partial charge is 0.259 e. The monoisotopic (exact) mass is 336 g/mol. The van der Waals surface area contributed by atoms with Crippen molar-refractivity contribution in [3.05, 3.63) is 78.2 Å². The Labute approximate surface area is 146 Å². The van der Waals surface area contributed by atoms with Gasteiger partial charge in [0.05, 0.1) is 0 Å². The molecule has 2 aromatic heterocycles. The van der Waals surface area contributed by atoms with Crippen LogP contribution >= 0.6 is 0 Å². The Morgan fingerprint density at radius 3 is 2.68 bits per heavy atom. The van der Waals surface area contributed by atoms with Crippen molar-refractivity contribution in [1.82, 2.24) is 14.8 Å². The molecule has 25 heavy (non-hydrogen) atoms. The van der Waals surface area contributed by atoms with E-state index in [1.54, 1.807) is 16.9 Å². The van der Waals surface area contributed by atoms with Crippen molar-refractivity contribution >= 4 is 11.7 Å². The van der Waals surface area contributed by atoms with Crippen molar-refractivity contribution in [2.45, 2.75) is 19.1 Å². The van der Waals surface area contributed by atoms with Gasteiger partial charge in [-0.15, -0.1) is 0 Å². The van der Waals surface area contributed by atoms with Crippen LogP contribution < -0.4 is 5.32 Å². The van der Waals surface area contributed by atoms with Gasteiger partial charge in [-0.2, -0.15) is 5.10 Å². The molecule has 3 aromatic rings. The number of nitrogens with zero attached hydrogens (tertiary/aromatic N) is 3. The molecule has 0 aliphatic carbocycles. The van der Waals surface area contributed by atoms with Crippen molar-refractivity contribution in [3.63, 3.8) is 0 Å². The fourth-order valence-corrected chi connectivity index (χ4v) is 2.54. The van der Waals surface area contributed by atoms with E-state index in [9.17, 15) is 4.79 Å². The van der Waals surface area contributed by atoms with Gasteiger partial charge in [0.2, 0.25) is 0 Å². The highest BCUT2D eigenvalue weighted by Crippen LogP contribution is 2.18. The van der Waals surface area contributed by atoms with Crippen LogP contribution in [0, 0.1) is 0 Å². The van der Waals surface area contributed by atoms with Gasteiger partial charge in [-0.25, -0.2) is 0 Å². The summed E-state index contributed by atoms with van der Waals surface area (Å²) in [5.41, 5.74) is 1.81. The van der Waals surface area contributed by atoms with Gasteiger partial charge in [-0.05, 0) is 17.7 Å². The molecule has 2 heterocycles. The zero-order valence-electron chi connectivity index (χ0n) is 14.0. The Balaban J connectivity index is 1.59. The summed E-state index contributed by atoms with van der Waals surface area (Å²) in [5.74, 6) is 0.257. The van der Waals surface area contributed by atoms with Gasteiger partial charge >= 0.3 is 0 Å². The molecule has 1 atom stereocenters. The summed E-state index contributed by atoms with van der Waals surface area (Å²) in [4.78, 5) is 16.7. The summed E-state index contributed by atoms with van der Waals surface area (Å²) < 4.78 is 7.11. The van der Waals surface area contributed by atoms with Gasteiger partial charge in [0.25, 0.3) is 5.91 Å². The summed E-state index contributed by atoms with van der Waals surface area (Å²) >= 11 is 0. The minimum absolute atomic E-state index is 0.247. The van der Waals surface area contributed by atoms with Gasteiger partial charge in [-0.1, -0.05) is 36.4 Å². The molecule has 6 nitrogen and oxygen atoms in total. The highest BCUT2D eigenvalue weighted by molar-refractivity contribution is 5.94. The average molecular weight is 336 g/mol. The summed E-state index contributed by atoms with van der Waals surface area (Å²) in [6.07, 6.45) is 3.72. The number of aryl methyl sites for hydroxylation is 2. The number of carbonyl (C=O) groups is 1. The molecule has 0 saturated carbocycles. The van der Waals surface area contributed by atoms with Gasteiger partial charge in [0, 0.05) is 44.2 Å². The summed E-state index contributed by atoms with van der Waals surface area (Å²) in [7, 11) is 1.52. The first kappa shape index (κ1) is 16.9. The quantitative estimate of drug-likeness (QED) is 0.720. The molecule has 1 aromatic carbocycles. The van der Waals surface area contributed by atoms with E-state index in [2.05, 4.69) is 15.4 Å². The van der Waals surface area contributed by atoms with E-state index in [1.165, 1.54) is 7.11 Å². The molecule has 0 radical (unpaired) electrons. The van der Waals surface area contributed by atoms with Crippen molar-refractivity contribution in [2.24, 2.45) is 0 Å². The van der Waals surface area contributed by atoms with Crippen LogP contribution in [0.5, 0.6) is 0 Å². The lowest BCUT2D eigenvalue weighted by molar-refractivity contribution is -0.126. The molecule has 3 rings (SSSR count). The van der Waals surface area contributed by atoms with E-state index in [4.69, 9.17) is 4.74 Å². The van der Waals surface area contributed by atoms with E-state index < -0.39 is 6.10 Å². The van der Waals surface area contributed by atoms with Gasteiger partial charge in [0.1, 0.15) is 0 Å². The SMILES string of the molecule is CO[C@@H](C(=O)Nc1ccn(CCc2ccccn2)n1)c1ccccc1. The highest BCUT2D eigenvalue weighted by atomic mass is 16.5. The number of nitrogens with one attached hydrogen (secondary N) is 1. The summed E-state index contributed by atoms with van der Waals surface area (Å²) in [6.45, 7) is 0.694. The summed E-state index contributed by atoms with van der Waals surface area (Å²) in [5, 5.41) is 7.18. The Bertz CT molecular complexity index is 803. The Morgan fingerprint density at radius 2 is 1.96 bits per heavy atom. The normalized spacial score (nSPS) is 11.9. The van der Waals surface area contributed by atoms with Crippen LogP contribution in [0.25, 0.3) is 0 Å². The van der Waals surface area contributed by atoms with E-state index in [1.807, 2.05) is 54.7 Å². The number of pyridine rings is 1. The molecule has 0 spiro atoms. The topological polar surface area (TPSA) is 69.0 Å². The second kappa shape index (κ2) is 8.21. The molecule has 0 bridgehead atoms. The standard InChI is InChI=1S/C19H20N4O2/c1-25-18(15-7-3-2-4-8-15)19(24)21-17-11-14-23(22-17)13-10-16-9-5-6-12-20-16/h2-9,11-12,14,18H,10,13H2,1H3,(H,21,22,24)/t18-/m1/s1. The fraction of sp³-hybridized carbons (Fsp3) is 0.211. The Kier molecular flexibility index (Phi) is 5.53.